The highest BCUT2D eigenvalue weighted by atomic mass is 32.1. The quantitative estimate of drug-likeness (QED) is 0.189. The molecule has 4 heterocycles. The minimum Gasteiger partial charge on any atom is -0.497 e. The van der Waals surface area contributed by atoms with Gasteiger partial charge in [0.25, 0.3) is 0 Å². The van der Waals surface area contributed by atoms with Gasteiger partial charge in [-0.3, -0.25) is 4.79 Å². The SMILES string of the molecule is COc1cc(OC)cc(-c2ccc3cc(-c4c(-c5ccccc5)c5sc(C(=O)O)cc5n4CC(=O)N4CCCC4)ccc3n2)c1. The van der Waals surface area contributed by atoms with Gasteiger partial charge in [0.05, 0.1) is 41.3 Å². The first-order valence-corrected chi connectivity index (χ1v) is 15.6. The maximum Gasteiger partial charge on any atom is 0.345 e. The van der Waals surface area contributed by atoms with Crippen molar-refractivity contribution in [3.8, 4) is 45.1 Å². The third-order valence-electron chi connectivity index (χ3n) is 8.37. The van der Waals surface area contributed by atoms with Gasteiger partial charge in [0.1, 0.15) is 22.9 Å². The minimum absolute atomic E-state index is 0.0363. The van der Waals surface area contributed by atoms with Crippen LogP contribution in [0, 0.1) is 0 Å². The van der Waals surface area contributed by atoms with E-state index in [4.69, 9.17) is 14.5 Å². The molecule has 1 fully saturated rings. The smallest absolute Gasteiger partial charge is 0.345 e. The maximum atomic E-state index is 13.6. The van der Waals surface area contributed by atoms with E-state index in [9.17, 15) is 14.7 Å². The van der Waals surface area contributed by atoms with Gasteiger partial charge in [0, 0.05) is 35.7 Å². The average molecular weight is 618 g/mol. The Labute approximate surface area is 264 Å². The Balaban J connectivity index is 1.40. The summed E-state index contributed by atoms with van der Waals surface area (Å²) >= 11 is 1.25. The number of likely N-dealkylation sites (tertiary alicyclic amines) is 1. The van der Waals surface area contributed by atoms with Crippen LogP contribution in [0.3, 0.4) is 0 Å². The number of hydrogen-bond donors (Lipinski definition) is 1. The molecule has 1 saturated heterocycles. The normalized spacial score (nSPS) is 13.1. The lowest BCUT2D eigenvalue weighted by Gasteiger charge is -2.18. The van der Waals surface area contributed by atoms with Crippen molar-refractivity contribution < 1.29 is 24.2 Å². The summed E-state index contributed by atoms with van der Waals surface area (Å²) in [6, 6.07) is 27.5. The summed E-state index contributed by atoms with van der Waals surface area (Å²) in [4.78, 5) is 32.7. The molecular formula is C36H31N3O5S. The molecule has 45 heavy (non-hydrogen) atoms. The number of carbonyl (C=O) groups is 2. The number of benzene rings is 3. The number of aromatic carboxylic acids is 1. The highest BCUT2D eigenvalue weighted by molar-refractivity contribution is 7.21. The van der Waals surface area contributed by atoms with E-state index in [0.29, 0.717) is 11.5 Å². The van der Waals surface area contributed by atoms with Crippen LogP contribution in [0.2, 0.25) is 0 Å². The van der Waals surface area contributed by atoms with E-state index in [0.717, 1.165) is 80.7 Å². The number of carbonyl (C=O) groups excluding carboxylic acids is 1. The number of rotatable bonds is 8. The standard InChI is InChI=1S/C36H31N3O5S/c1-43-26-17-25(18-27(19-26)44-2)29-12-10-23-16-24(11-13-28(23)37-29)34-33(22-8-4-3-5-9-22)35-30(20-31(45-35)36(41)42)39(34)21-32(40)38-14-6-7-15-38/h3-5,8-13,16-20H,6-7,14-15,21H2,1-2H3,(H,41,42). The van der Waals surface area contributed by atoms with E-state index in [2.05, 4.69) is 6.07 Å². The molecule has 3 aromatic heterocycles. The van der Waals surface area contributed by atoms with Crippen LogP contribution in [-0.2, 0) is 11.3 Å². The first-order chi connectivity index (χ1) is 21.9. The molecule has 0 atom stereocenters. The van der Waals surface area contributed by atoms with Crippen molar-refractivity contribution >= 4 is 44.3 Å². The molecule has 0 bridgehead atoms. The number of thiophene rings is 1. The molecule has 0 saturated carbocycles. The predicted molar refractivity (Wildman–Crippen MR) is 177 cm³/mol. The molecule has 3 aromatic carbocycles. The average Bonchev–Trinajstić information content (AvgIpc) is 3.82. The Hall–Kier alpha value is -5.15. The summed E-state index contributed by atoms with van der Waals surface area (Å²) < 4.78 is 13.8. The number of nitrogens with zero attached hydrogens (tertiary/aromatic N) is 3. The number of carboxylic acids is 1. The van der Waals surface area contributed by atoms with Crippen molar-refractivity contribution in [2.24, 2.45) is 0 Å². The van der Waals surface area contributed by atoms with Crippen molar-refractivity contribution in [2.75, 3.05) is 27.3 Å². The molecule has 1 N–H and O–H groups in total. The molecule has 8 nitrogen and oxygen atoms in total. The van der Waals surface area contributed by atoms with Crippen LogP contribution in [0.15, 0.2) is 84.9 Å². The molecule has 0 radical (unpaired) electrons. The van der Waals surface area contributed by atoms with E-state index in [-0.39, 0.29) is 17.3 Å². The highest BCUT2D eigenvalue weighted by Crippen LogP contribution is 2.45. The number of amides is 1. The summed E-state index contributed by atoms with van der Waals surface area (Å²) in [5, 5.41) is 10.8. The molecule has 1 aliphatic rings. The lowest BCUT2D eigenvalue weighted by Crippen LogP contribution is -2.31. The van der Waals surface area contributed by atoms with Gasteiger partial charge in [0.15, 0.2) is 0 Å². The number of methoxy groups -OCH3 is 2. The summed E-state index contributed by atoms with van der Waals surface area (Å²) in [6.07, 6.45) is 2.00. The molecule has 1 aliphatic heterocycles. The molecular weight excluding hydrogens is 586 g/mol. The van der Waals surface area contributed by atoms with Crippen LogP contribution in [0.1, 0.15) is 22.5 Å². The number of pyridine rings is 1. The summed E-state index contributed by atoms with van der Waals surface area (Å²) in [7, 11) is 3.25. The Kier molecular flexibility index (Phi) is 7.47. The molecule has 0 spiro atoms. The number of carboxylic acid groups (broad SMARTS) is 1. The zero-order chi connectivity index (χ0) is 31.1. The van der Waals surface area contributed by atoms with Crippen molar-refractivity contribution in [3.05, 3.63) is 89.8 Å². The van der Waals surface area contributed by atoms with Gasteiger partial charge in [0.2, 0.25) is 5.91 Å². The Morgan fingerprint density at radius 2 is 1.58 bits per heavy atom. The number of aromatic nitrogens is 2. The Morgan fingerprint density at radius 3 is 2.27 bits per heavy atom. The second-order valence-electron chi connectivity index (χ2n) is 11.1. The lowest BCUT2D eigenvalue weighted by atomic mass is 9.99. The fraction of sp³-hybridized carbons (Fsp3) is 0.194. The third kappa shape index (κ3) is 5.29. The number of hydrogen-bond acceptors (Lipinski definition) is 6. The molecule has 0 unspecified atom stereocenters. The van der Waals surface area contributed by atoms with Gasteiger partial charge >= 0.3 is 5.97 Å². The largest absolute Gasteiger partial charge is 0.497 e. The van der Waals surface area contributed by atoms with Crippen LogP contribution in [-0.4, -0.2) is 58.7 Å². The zero-order valence-electron chi connectivity index (χ0n) is 24.9. The number of fused-ring (bicyclic) bond motifs is 2. The second kappa shape index (κ2) is 11.7. The van der Waals surface area contributed by atoms with Crippen LogP contribution >= 0.6 is 11.3 Å². The fourth-order valence-electron chi connectivity index (χ4n) is 6.16. The second-order valence-corrected chi connectivity index (χ2v) is 12.2. The van der Waals surface area contributed by atoms with Crippen molar-refractivity contribution in [3.63, 3.8) is 0 Å². The summed E-state index contributed by atoms with van der Waals surface area (Å²) in [5.41, 5.74) is 6.93. The van der Waals surface area contributed by atoms with E-state index in [1.54, 1.807) is 20.3 Å². The highest BCUT2D eigenvalue weighted by Gasteiger charge is 2.27. The van der Waals surface area contributed by atoms with E-state index in [1.807, 2.05) is 82.3 Å². The van der Waals surface area contributed by atoms with Gasteiger partial charge in [-0.15, -0.1) is 11.3 Å². The topological polar surface area (TPSA) is 93.9 Å². The first kappa shape index (κ1) is 28.6. The van der Waals surface area contributed by atoms with Crippen molar-refractivity contribution in [1.29, 1.82) is 0 Å². The van der Waals surface area contributed by atoms with Gasteiger partial charge in [-0.1, -0.05) is 42.5 Å². The number of ether oxygens (including phenoxy) is 2. The molecule has 226 valence electrons. The summed E-state index contributed by atoms with van der Waals surface area (Å²) in [6.45, 7) is 1.62. The molecule has 0 aliphatic carbocycles. The van der Waals surface area contributed by atoms with E-state index in [1.165, 1.54) is 11.3 Å². The minimum atomic E-state index is -0.976. The van der Waals surface area contributed by atoms with Gasteiger partial charge in [-0.05, 0) is 60.4 Å². The van der Waals surface area contributed by atoms with E-state index < -0.39 is 5.97 Å². The van der Waals surface area contributed by atoms with Gasteiger partial charge in [-0.25, -0.2) is 9.78 Å². The van der Waals surface area contributed by atoms with Crippen molar-refractivity contribution in [2.45, 2.75) is 19.4 Å². The maximum absolute atomic E-state index is 13.6. The Bertz CT molecular complexity index is 2050. The van der Waals surface area contributed by atoms with Crippen LogP contribution in [0.25, 0.3) is 54.8 Å². The van der Waals surface area contributed by atoms with Crippen LogP contribution in [0.5, 0.6) is 11.5 Å². The van der Waals surface area contributed by atoms with Crippen molar-refractivity contribution in [1.82, 2.24) is 14.5 Å². The summed E-state index contributed by atoms with van der Waals surface area (Å²) in [5.74, 6) is 0.431. The monoisotopic (exact) mass is 617 g/mol. The molecule has 9 heteroatoms. The molecule has 1 amide bonds. The zero-order valence-corrected chi connectivity index (χ0v) is 25.8. The Morgan fingerprint density at radius 1 is 0.844 bits per heavy atom. The van der Waals surface area contributed by atoms with Crippen LogP contribution < -0.4 is 9.47 Å². The molecule has 7 rings (SSSR count). The predicted octanol–water partition coefficient (Wildman–Crippen LogP) is 7.59. The van der Waals surface area contributed by atoms with Crippen LogP contribution in [0.4, 0.5) is 0 Å². The third-order valence-corrected chi connectivity index (χ3v) is 9.50. The van der Waals surface area contributed by atoms with Gasteiger partial charge < -0.3 is 24.0 Å². The van der Waals surface area contributed by atoms with E-state index >= 15 is 0 Å². The van der Waals surface area contributed by atoms with Gasteiger partial charge in [-0.2, -0.15) is 0 Å². The fourth-order valence-corrected chi connectivity index (χ4v) is 7.23. The first-order valence-electron chi connectivity index (χ1n) is 14.8. The molecule has 6 aromatic rings. The lowest BCUT2D eigenvalue weighted by molar-refractivity contribution is -0.130.